The molecule has 1 heteroatoms. The zero-order valence-corrected chi connectivity index (χ0v) is 6.68. The van der Waals surface area contributed by atoms with Crippen LogP contribution in [0.4, 0.5) is 0 Å². The van der Waals surface area contributed by atoms with E-state index in [9.17, 15) is 4.79 Å². The van der Waals surface area contributed by atoms with Crippen molar-refractivity contribution in [2.75, 3.05) is 0 Å². The van der Waals surface area contributed by atoms with Crippen LogP contribution in [0.15, 0.2) is 11.1 Å². The molecule has 0 aromatic heterocycles. The van der Waals surface area contributed by atoms with Gasteiger partial charge < -0.3 is 0 Å². The standard InChI is InChI=1S/C9H14O/c1-3-8-4-7(2)9(5-8)6-10/h6,8H,3-5H2,1-2H3/t8-/m1/s1. The molecular formula is C9H14O. The van der Waals surface area contributed by atoms with Crippen LogP contribution in [0, 0.1) is 5.92 Å². The van der Waals surface area contributed by atoms with E-state index in [0.717, 1.165) is 30.6 Å². The second-order valence-corrected chi connectivity index (χ2v) is 3.11. The summed E-state index contributed by atoms with van der Waals surface area (Å²) >= 11 is 0. The molecule has 0 bridgehead atoms. The molecule has 0 saturated heterocycles. The van der Waals surface area contributed by atoms with Gasteiger partial charge >= 0.3 is 0 Å². The van der Waals surface area contributed by atoms with Crippen LogP contribution in [0.1, 0.15) is 33.1 Å². The molecule has 1 aliphatic rings. The van der Waals surface area contributed by atoms with Gasteiger partial charge in [0.25, 0.3) is 0 Å². The average molecular weight is 138 g/mol. The van der Waals surface area contributed by atoms with Gasteiger partial charge in [-0.2, -0.15) is 0 Å². The van der Waals surface area contributed by atoms with Crippen LogP contribution in [0.2, 0.25) is 0 Å². The molecule has 0 heterocycles. The summed E-state index contributed by atoms with van der Waals surface area (Å²) in [5.74, 6) is 0.750. The smallest absolute Gasteiger partial charge is 0.145 e. The summed E-state index contributed by atoms with van der Waals surface area (Å²) in [5.41, 5.74) is 2.36. The molecule has 0 radical (unpaired) electrons. The summed E-state index contributed by atoms with van der Waals surface area (Å²) < 4.78 is 0. The molecule has 0 fully saturated rings. The lowest BCUT2D eigenvalue weighted by Gasteiger charge is -2.02. The van der Waals surface area contributed by atoms with Crippen molar-refractivity contribution in [3.63, 3.8) is 0 Å². The third kappa shape index (κ3) is 1.28. The van der Waals surface area contributed by atoms with E-state index in [-0.39, 0.29) is 0 Å². The fraction of sp³-hybridized carbons (Fsp3) is 0.667. The third-order valence-corrected chi connectivity index (χ3v) is 2.37. The minimum absolute atomic E-state index is 0.750. The maximum atomic E-state index is 10.4. The summed E-state index contributed by atoms with van der Waals surface area (Å²) in [6.07, 6.45) is 4.38. The lowest BCUT2D eigenvalue weighted by atomic mass is 10.0. The monoisotopic (exact) mass is 138 g/mol. The van der Waals surface area contributed by atoms with Crippen LogP contribution in [-0.4, -0.2) is 6.29 Å². The number of hydrogen-bond acceptors (Lipinski definition) is 1. The van der Waals surface area contributed by atoms with E-state index in [0.29, 0.717) is 0 Å². The van der Waals surface area contributed by atoms with Crippen LogP contribution >= 0.6 is 0 Å². The third-order valence-electron chi connectivity index (χ3n) is 2.37. The van der Waals surface area contributed by atoms with Crippen molar-refractivity contribution in [2.24, 2.45) is 5.92 Å². The molecular weight excluding hydrogens is 124 g/mol. The van der Waals surface area contributed by atoms with Gasteiger partial charge in [-0.15, -0.1) is 0 Å². The first-order chi connectivity index (χ1) is 4.77. The molecule has 0 saturated carbocycles. The highest BCUT2D eigenvalue weighted by Gasteiger charge is 2.18. The zero-order valence-electron chi connectivity index (χ0n) is 6.68. The molecule has 1 nitrogen and oxygen atoms in total. The highest BCUT2D eigenvalue weighted by molar-refractivity contribution is 5.75. The van der Waals surface area contributed by atoms with Crippen molar-refractivity contribution in [2.45, 2.75) is 33.1 Å². The van der Waals surface area contributed by atoms with E-state index < -0.39 is 0 Å². The van der Waals surface area contributed by atoms with Gasteiger partial charge in [0.15, 0.2) is 0 Å². The van der Waals surface area contributed by atoms with E-state index >= 15 is 0 Å². The molecule has 0 N–H and O–H groups in total. The molecule has 0 aliphatic heterocycles. The first-order valence-corrected chi connectivity index (χ1v) is 3.91. The number of allylic oxidation sites excluding steroid dienone is 2. The van der Waals surface area contributed by atoms with Crippen molar-refractivity contribution in [1.82, 2.24) is 0 Å². The number of rotatable bonds is 2. The Labute approximate surface area is 62.1 Å². The number of carbonyl (C=O) groups excluding carboxylic acids is 1. The van der Waals surface area contributed by atoms with E-state index in [4.69, 9.17) is 0 Å². The zero-order chi connectivity index (χ0) is 7.56. The lowest BCUT2D eigenvalue weighted by molar-refractivity contribution is -0.105. The van der Waals surface area contributed by atoms with Gasteiger partial charge in [-0.1, -0.05) is 18.9 Å². The first-order valence-electron chi connectivity index (χ1n) is 3.91. The van der Waals surface area contributed by atoms with Crippen molar-refractivity contribution in [1.29, 1.82) is 0 Å². The summed E-state index contributed by atoms with van der Waals surface area (Å²) in [6.45, 7) is 4.26. The normalized spacial score (nSPS) is 25.6. The summed E-state index contributed by atoms with van der Waals surface area (Å²) in [6, 6.07) is 0. The minimum Gasteiger partial charge on any atom is -0.298 e. The molecule has 1 aliphatic carbocycles. The average Bonchev–Trinajstić information content (AvgIpc) is 2.30. The molecule has 0 spiro atoms. The largest absolute Gasteiger partial charge is 0.298 e. The van der Waals surface area contributed by atoms with Crippen molar-refractivity contribution >= 4 is 6.29 Å². The Bertz CT molecular complexity index is 168. The second kappa shape index (κ2) is 3.00. The Balaban J connectivity index is 2.58. The Hall–Kier alpha value is -0.590. The van der Waals surface area contributed by atoms with Crippen molar-refractivity contribution < 1.29 is 4.79 Å². The molecule has 10 heavy (non-hydrogen) atoms. The van der Waals surface area contributed by atoms with Crippen molar-refractivity contribution in [3.8, 4) is 0 Å². The van der Waals surface area contributed by atoms with Crippen LogP contribution in [0.25, 0.3) is 0 Å². The van der Waals surface area contributed by atoms with E-state index in [1.807, 2.05) is 0 Å². The SMILES string of the molecule is CC[C@@H]1CC(C)=C(C=O)C1. The molecule has 56 valence electrons. The molecule has 0 aromatic carbocycles. The maximum Gasteiger partial charge on any atom is 0.145 e. The predicted octanol–water partition coefficient (Wildman–Crippen LogP) is 2.32. The first kappa shape index (κ1) is 7.52. The number of aldehydes is 1. The van der Waals surface area contributed by atoms with E-state index in [1.165, 1.54) is 12.0 Å². The maximum absolute atomic E-state index is 10.4. The molecule has 0 aromatic rings. The number of carbonyl (C=O) groups is 1. The summed E-state index contributed by atoms with van der Waals surface area (Å²) in [5, 5.41) is 0. The fourth-order valence-electron chi connectivity index (χ4n) is 1.56. The van der Waals surface area contributed by atoms with Gasteiger partial charge in [-0.3, -0.25) is 4.79 Å². The molecule has 1 rings (SSSR count). The van der Waals surface area contributed by atoms with E-state index in [2.05, 4.69) is 13.8 Å². The lowest BCUT2D eigenvalue weighted by Crippen LogP contribution is -1.91. The Morgan fingerprint density at radius 2 is 2.30 bits per heavy atom. The van der Waals surface area contributed by atoms with Crippen LogP contribution in [0.5, 0.6) is 0 Å². The molecule has 0 amide bonds. The van der Waals surface area contributed by atoms with Gasteiger partial charge in [0.1, 0.15) is 6.29 Å². The van der Waals surface area contributed by atoms with Gasteiger partial charge in [0, 0.05) is 0 Å². The van der Waals surface area contributed by atoms with Gasteiger partial charge in [-0.05, 0) is 31.3 Å². The highest BCUT2D eigenvalue weighted by atomic mass is 16.1. The summed E-state index contributed by atoms with van der Waals surface area (Å²) in [7, 11) is 0. The highest BCUT2D eigenvalue weighted by Crippen LogP contribution is 2.31. The second-order valence-electron chi connectivity index (χ2n) is 3.11. The van der Waals surface area contributed by atoms with Gasteiger partial charge in [0.2, 0.25) is 0 Å². The number of hydrogen-bond donors (Lipinski definition) is 0. The van der Waals surface area contributed by atoms with Gasteiger partial charge in [-0.25, -0.2) is 0 Å². The molecule has 1 atom stereocenters. The Morgan fingerprint density at radius 3 is 2.60 bits per heavy atom. The Kier molecular flexibility index (Phi) is 2.25. The summed E-state index contributed by atoms with van der Waals surface area (Å²) in [4.78, 5) is 10.4. The fourth-order valence-corrected chi connectivity index (χ4v) is 1.56. The van der Waals surface area contributed by atoms with Gasteiger partial charge in [0.05, 0.1) is 0 Å². The quantitative estimate of drug-likeness (QED) is 0.535. The van der Waals surface area contributed by atoms with E-state index in [1.54, 1.807) is 0 Å². The van der Waals surface area contributed by atoms with Crippen LogP contribution in [0.3, 0.4) is 0 Å². The minimum atomic E-state index is 0.750. The predicted molar refractivity (Wildman–Crippen MR) is 41.8 cm³/mol. The topological polar surface area (TPSA) is 17.1 Å². The Morgan fingerprint density at radius 1 is 1.60 bits per heavy atom. The molecule has 0 unspecified atom stereocenters. The van der Waals surface area contributed by atoms with Crippen LogP contribution < -0.4 is 0 Å². The van der Waals surface area contributed by atoms with Crippen LogP contribution in [-0.2, 0) is 4.79 Å². The van der Waals surface area contributed by atoms with Crippen molar-refractivity contribution in [3.05, 3.63) is 11.1 Å².